The van der Waals surface area contributed by atoms with Crippen molar-refractivity contribution in [2.75, 3.05) is 43.1 Å². The van der Waals surface area contributed by atoms with Gasteiger partial charge in [0.15, 0.2) is 0 Å². The maximum Gasteiger partial charge on any atom is 0.335 e. The zero-order chi connectivity index (χ0) is 16.2. The second-order valence-corrected chi connectivity index (χ2v) is 5.52. The fourth-order valence-electron chi connectivity index (χ4n) is 2.83. The summed E-state index contributed by atoms with van der Waals surface area (Å²) in [5, 5.41) is 8.95. The summed E-state index contributed by atoms with van der Waals surface area (Å²) < 4.78 is 5.19. The topological polar surface area (TPSA) is 53.0 Å². The standard InChI is InChI=1S/C18H20N2O3/c1-23-17-8-6-16(7-9-17)20-12-10-19(11-13-20)15-4-2-14(3-5-15)18(21)22/h2-9H,10-13H2,1H3,(H,21,22). The van der Waals surface area contributed by atoms with Crippen molar-refractivity contribution in [1.82, 2.24) is 0 Å². The molecule has 5 heteroatoms. The molecule has 0 atom stereocenters. The number of benzene rings is 2. The molecule has 0 bridgehead atoms. The summed E-state index contributed by atoms with van der Waals surface area (Å²) in [4.78, 5) is 15.5. The number of rotatable bonds is 4. The van der Waals surface area contributed by atoms with Gasteiger partial charge in [0.2, 0.25) is 0 Å². The number of piperazine rings is 1. The summed E-state index contributed by atoms with van der Waals surface area (Å²) >= 11 is 0. The number of hydrogen-bond acceptors (Lipinski definition) is 4. The molecule has 23 heavy (non-hydrogen) atoms. The molecule has 1 fully saturated rings. The first-order valence-corrected chi connectivity index (χ1v) is 7.64. The third-order valence-electron chi connectivity index (χ3n) is 4.20. The van der Waals surface area contributed by atoms with Crippen molar-refractivity contribution in [1.29, 1.82) is 0 Å². The van der Waals surface area contributed by atoms with Crippen LogP contribution in [0, 0.1) is 0 Å². The highest BCUT2D eigenvalue weighted by Gasteiger charge is 2.17. The predicted octanol–water partition coefficient (Wildman–Crippen LogP) is 2.72. The average molecular weight is 312 g/mol. The van der Waals surface area contributed by atoms with Crippen molar-refractivity contribution in [3.05, 3.63) is 54.1 Å². The first-order valence-electron chi connectivity index (χ1n) is 7.64. The summed E-state index contributed by atoms with van der Waals surface area (Å²) in [5.41, 5.74) is 2.60. The molecule has 3 rings (SSSR count). The van der Waals surface area contributed by atoms with E-state index in [1.54, 1.807) is 19.2 Å². The second-order valence-electron chi connectivity index (χ2n) is 5.52. The first kappa shape index (κ1) is 15.2. The van der Waals surface area contributed by atoms with Crippen LogP contribution >= 0.6 is 0 Å². The quantitative estimate of drug-likeness (QED) is 0.941. The lowest BCUT2D eigenvalue weighted by atomic mass is 10.1. The number of hydrogen-bond donors (Lipinski definition) is 1. The van der Waals surface area contributed by atoms with Crippen molar-refractivity contribution in [2.24, 2.45) is 0 Å². The monoisotopic (exact) mass is 312 g/mol. The van der Waals surface area contributed by atoms with Gasteiger partial charge in [-0.25, -0.2) is 4.79 Å². The number of nitrogens with zero attached hydrogens (tertiary/aromatic N) is 2. The molecule has 1 heterocycles. The van der Waals surface area contributed by atoms with Gasteiger partial charge >= 0.3 is 5.97 Å². The molecule has 0 aliphatic carbocycles. The fourth-order valence-corrected chi connectivity index (χ4v) is 2.83. The Bertz CT molecular complexity index is 660. The lowest BCUT2D eigenvalue weighted by Gasteiger charge is -2.37. The minimum Gasteiger partial charge on any atom is -0.497 e. The summed E-state index contributed by atoms with van der Waals surface area (Å²) in [6.07, 6.45) is 0. The van der Waals surface area contributed by atoms with E-state index in [4.69, 9.17) is 9.84 Å². The number of carboxylic acid groups (broad SMARTS) is 1. The molecule has 0 aromatic heterocycles. The molecule has 1 saturated heterocycles. The van der Waals surface area contributed by atoms with Gasteiger partial charge in [0.25, 0.3) is 0 Å². The molecular formula is C18H20N2O3. The smallest absolute Gasteiger partial charge is 0.335 e. The van der Waals surface area contributed by atoms with Crippen molar-refractivity contribution in [3.8, 4) is 5.75 Å². The van der Waals surface area contributed by atoms with Gasteiger partial charge in [-0.3, -0.25) is 0 Å². The van der Waals surface area contributed by atoms with Crippen LogP contribution < -0.4 is 14.5 Å². The maximum absolute atomic E-state index is 10.9. The van der Waals surface area contributed by atoms with Gasteiger partial charge in [-0.15, -0.1) is 0 Å². The summed E-state index contributed by atoms with van der Waals surface area (Å²) in [6.45, 7) is 3.71. The van der Waals surface area contributed by atoms with Gasteiger partial charge < -0.3 is 19.6 Å². The van der Waals surface area contributed by atoms with Crippen LogP contribution in [0.5, 0.6) is 5.75 Å². The number of ether oxygens (including phenoxy) is 1. The van der Waals surface area contributed by atoms with Crippen LogP contribution in [0.15, 0.2) is 48.5 Å². The van der Waals surface area contributed by atoms with Crippen LogP contribution in [-0.4, -0.2) is 44.4 Å². The van der Waals surface area contributed by atoms with E-state index >= 15 is 0 Å². The summed E-state index contributed by atoms with van der Waals surface area (Å²) in [7, 11) is 1.67. The van der Waals surface area contributed by atoms with Crippen LogP contribution in [-0.2, 0) is 0 Å². The van der Waals surface area contributed by atoms with Crippen LogP contribution in [0.1, 0.15) is 10.4 Å². The molecule has 0 spiro atoms. The molecular weight excluding hydrogens is 292 g/mol. The third kappa shape index (κ3) is 3.39. The van der Waals surface area contributed by atoms with Gasteiger partial charge in [-0.2, -0.15) is 0 Å². The number of carboxylic acids is 1. The summed E-state index contributed by atoms with van der Waals surface area (Å²) in [6, 6.07) is 15.2. The van der Waals surface area contributed by atoms with Crippen LogP contribution in [0.25, 0.3) is 0 Å². The normalized spacial score (nSPS) is 14.7. The first-order chi connectivity index (χ1) is 11.2. The Hall–Kier alpha value is -2.69. The van der Waals surface area contributed by atoms with E-state index in [9.17, 15) is 4.79 Å². The van der Waals surface area contributed by atoms with Crippen molar-refractivity contribution >= 4 is 17.3 Å². The number of anilines is 2. The lowest BCUT2D eigenvalue weighted by molar-refractivity contribution is 0.0697. The highest BCUT2D eigenvalue weighted by Crippen LogP contribution is 2.23. The Kier molecular flexibility index (Phi) is 4.37. The largest absolute Gasteiger partial charge is 0.497 e. The molecule has 2 aromatic rings. The van der Waals surface area contributed by atoms with Gasteiger partial charge in [-0.05, 0) is 48.5 Å². The van der Waals surface area contributed by atoms with Crippen LogP contribution in [0.3, 0.4) is 0 Å². The Labute approximate surface area is 135 Å². The number of methoxy groups -OCH3 is 1. The molecule has 1 aliphatic heterocycles. The Morgan fingerprint density at radius 1 is 0.870 bits per heavy atom. The van der Waals surface area contributed by atoms with Gasteiger partial charge in [0.05, 0.1) is 12.7 Å². The van der Waals surface area contributed by atoms with Gasteiger partial charge in [0, 0.05) is 37.6 Å². The van der Waals surface area contributed by atoms with Gasteiger partial charge in [0.1, 0.15) is 5.75 Å². The SMILES string of the molecule is COc1ccc(N2CCN(c3ccc(C(=O)O)cc3)CC2)cc1. The van der Waals surface area contributed by atoms with Crippen molar-refractivity contribution < 1.29 is 14.6 Å². The van der Waals surface area contributed by atoms with E-state index in [0.29, 0.717) is 5.56 Å². The highest BCUT2D eigenvalue weighted by atomic mass is 16.5. The number of aromatic carboxylic acids is 1. The Morgan fingerprint density at radius 3 is 1.70 bits per heavy atom. The zero-order valence-corrected chi connectivity index (χ0v) is 13.1. The Balaban J connectivity index is 1.62. The lowest BCUT2D eigenvalue weighted by Crippen LogP contribution is -2.46. The third-order valence-corrected chi connectivity index (χ3v) is 4.20. The predicted molar refractivity (Wildman–Crippen MR) is 90.8 cm³/mol. The molecule has 120 valence electrons. The average Bonchev–Trinajstić information content (AvgIpc) is 2.62. The van der Waals surface area contributed by atoms with Crippen LogP contribution in [0.2, 0.25) is 0 Å². The minimum atomic E-state index is -0.888. The molecule has 2 aromatic carbocycles. The molecule has 0 saturated carbocycles. The van der Waals surface area contributed by atoms with Crippen molar-refractivity contribution in [2.45, 2.75) is 0 Å². The fraction of sp³-hybridized carbons (Fsp3) is 0.278. The molecule has 0 amide bonds. The molecule has 0 unspecified atom stereocenters. The molecule has 5 nitrogen and oxygen atoms in total. The molecule has 1 aliphatic rings. The van der Waals surface area contributed by atoms with E-state index in [0.717, 1.165) is 37.6 Å². The van der Waals surface area contributed by atoms with E-state index in [2.05, 4.69) is 21.9 Å². The van der Waals surface area contributed by atoms with Gasteiger partial charge in [-0.1, -0.05) is 0 Å². The maximum atomic E-state index is 10.9. The zero-order valence-electron chi connectivity index (χ0n) is 13.1. The number of carbonyl (C=O) groups is 1. The summed E-state index contributed by atoms with van der Waals surface area (Å²) in [5.74, 6) is -0.0215. The highest BCUT2D eigenvalue weighted by molar-refractivity contribution is 5.88. The second kappa shape index (κ2) is 6.60. The van der Waals surface area contributed by atoms with Crippen LogP contribution in [0.4, 0.5) is 11.4 Å². The van der Waals surface area contributed by atoms with E-state index < -0.39 is 5.97 Å². The minimum absolute atomic E-state index is 0.325. The van der Waals surface area contributed by atoms with Crippen molar-refractivity contribution in [3.63, 3.8) is 0 Å². The van der Waals surface area contributed by atoms with E-state index in [1.807, 2.05) is 24.3 Å². The van der Waals surface area contributed by atoms with E-state index in [1.165, 1.54) is 5.69 Å². The molecule has 1 N–H and O–H groups in total. The molecule has 0 radical (unpaired) electrons. The Morgan fingerprint density at radius 2 is 1.30 bits per heavy atom. The van der Waals surface area contributed by atoms with E-state index in [-0.39, 0.29) is 0 Å².